The number of carboxylic acids is 1. The van der Waals surface area contributed by atoms with Gasteiger partial charge in [-0.15, -0.1) is 0 Å². The molecule has 0 saturated heterocycles. The van der Waals surface area contributed by atoms with Crippen LogP contribution in [0.25, 0.3) is 0 Å². The van der Waals surface area contributed by atoms with Gasteiger partial charge in [0.25, 0.3) is 0 Å². The van der Waals surface area contributed by atoms with E-state index in [-0.39, 0.29) is 0 Å². The first-order valence-corrected chi connectivity index (χ1v) is 4.13. The van der Waals surface area contributed by atoms with E-state index < -0.39 is 11.5 Å². The Morgan fingerprint density at radius 1 is 1.67 bits per heavy atom. The van der Waals surface area contributed by atoms with Gasteiger partial charge in [0.1, 0.15) is 5.54 Å². The molecule has 0 radical (unpaired) electrons. The maximum absolute atomic E-state index is 10.9. The summed E-state index contributed by atoms with van der Waals surface area (Å²) in [4.78, 5) is 22.8. The Morgan fingerprint density at radius 2 is 2.25 bits per heavy atom. The number of hydrogen-bond acceptors (Lipinski definition) is 2. The summed E-state index contributed by atoms with van der Waals surface area (Å²) < 4.78 is 0. The number of amides is 1. The topological polar surface area (TPSA) is 57.6 Å². The second-order valence-corrected chi connectivity index (χ2v) is 3.08. The number of hydrogen-bond donors (Lipinski definition) is 1. The van der Waals surface area contributed by atoms with Crippen LogP contribution in [-0.4, -0.2) is 34.5 Å². The highest BCUT2D eigenvalue weighted by molar-refractivity contribution is 5.82. The van der Waals surface area contributed by atoms with Crippen LogP contribution in [0.5, 0.6) is 0 Å². The Balaban J connectivity index is 2.77. The Morgan fingerprint density at radius 3 is 2.33 bits per heavy atom. The van der Waals surface area contributed by atoms with E-state index in [4.69, 9.17) is 5.11 Å². The Hall–Kier alpha value is -1.06. The van der Waals surface area contributed by atoms with Crippen LogP contribution in [0.3, 0.4) is 0 Å². The zero-order valence-corrected chi connectivity index (χ0v) is 7.12. The summed E-state index contributed by atoms with van der Waals surface area (Å²) in [6.45, 7) is 2.26. The van der Waals surface area contributed by atoms with Gasteiger partial charge in [-0.25, -0.2) is 4.79 Å². The van der Waals surface area contributed by atoms with Gasteiger partial charge in [-0.3, -0.25) is 4.79 Å². The summed E-state index contributed by atoms with van der Waals surface area (Å²) in [6.07, 6.45) is 2.72. The van der Waals surface area contributed by atoms with Crippen LogP contribution in [0.15, 0.2) is 0 Å². The lowest BCUT2D eigenvalue weighted by Gasteiger charge is -2.44. The van der Waals surface area contributed by atoms with Crippen molar-refractivity contribution >= 4 is 12.4 Å². The number of rotatable bonds is 4. The maximum Gasteiger partial charge on any atom is 0.329 e. The molecule has 12 heavy (non-hydrogen) atoms. The van der Waals surface area contributed by atoms with E-state index in [1.54, 1.807) is 6.92 Å². The minimum absolute atomic E-state index is 0.468. The zero-order chi connectivity index (χ0) is 9.19. The first-order chi connectivity index (χ1) is 5.67. The molecule has 68 valence electrons. The van der Waals surface area contributed by atoms with Gasteiger partial charge in [0.15, 0.2) is 0 Å². The molecule has 0 aromatic carbocycles. The monoisotopic (exact) mass is 171 g/mol. The van der Waals surface area contributed by atoms with Crippen LogP contribution in [0.2, 0.25) is 0 Å². The third-order valence-corrected chi connectivity index (χ3v) is 2.60. The third-order valence-electron chi connectivity index (χ3n) is 2.60. The summed E-state index contributed by atoms with van der Waals surface area (Å²) in [7, 11) is 0. The van der Waals surface area contributed by atoms with Crippen molar-refractivity contribution in [1.82, 2.24) is 4.90 Å². The molecular formula is C8H13NO3. The van der Waals surface area contributed by atoms with Crippen LogP contribution in [0.1, 0.15) is 26.2 Å². The van der Waals surface area contributed by atoms with E-state index in [9.17, 15) is 9.59 Å². The van der Waals surface area contributed by atoms with Crippen molar-refractivity contribution in [3.05, 3.63) is 0 Å². The van der Waals surface area contributed by atoms with Gasteiger partial charge in [-0.05, 0) is 26.2 Å². The van der Waals surface area contributed by atoms with Crippen molar-refractivity contribution in [1.29, 1.82) is 0 Å². The highest BCUT2D eigenvalue weighted by Gasteiger charge is 2.48. The molecule has 1 amide bonds. The lowest BCUT2D eigenvalue weighted by atomic mass is 9.75. The van der Waals surface area contributed by atoms with Gasteiger partial charge in [0, 0.05) is 6.54 Å². The minimum atomic E-state index is -0.878. The Labute approximate surface area is 71.2 Å². The molecule has 4 heteroatoms. The second kappa shape index (κ2) is 3.13. The van der Waals surface area contributed by atoms with E-state index in [1.165, 1.54) is 4.90 Å². The van der Waals surface area contributed by atoms with Crippen LogP contribution >= 0.6 is 0 Å². The van der Waals surface area contributed by atoms with Gasteiger partial charge >= 0.3 is 5.97 Å². The van der Waals surface area contributed by atoms with E-state index in [2.05, 4.69) is 0 Å². The van der Waals surface area contributed by atoms with Gasteiger partial charge in [0.05, 0.1) is 0 Å². The molecule has 1 saturated carbocycles. The smallest absolute Gasteiger partial charge is 0.329 e. The van der Waals surface area contributed by atoms with Gasteiger partial charge < -0.3 is 10.0 Å². The fraction of sp³-hybridized carbons (Fsp3) is 0.750. The molecule has 0 bridgehead atoms. The number of carboxylic acid groups (broad SMARTS) is 1. The van der Waals surface area contributed by atoms with Gasteiger partial charge in [-0.1, -0.05) is 0 Å². The van der Waals surface area contributed by atoms with E-state index >= 15 is 0 Å². The number of aliphatic carboxylic acids is 1. The molecular weight excluding hydrogens is 158 g/mol. The quantitative estimate of drug-likeness (QED) is 0.625. The summed E-state index contributed by atoms with van der Waals surface area (Å²) in [6, 6.07) is 0. The molecule has 0 unspecified atom stereocenters. The fourth-order valence-electron chi connectivity index (χ4n) is 1.61. The number of carbonyl (C=O) groups is 2. The Kier molecular flexibility index (Phi) is 2.35. The van der Waals surface area contributed by atoms with Crippen LogP contribution < -0.4 is 0 Å². The third kappa shape index (κ3) is 1.07. The summed E-state index contributed by atoms with van der Waals surface area (Å²) in [5.41, 5.74) is -0.878. The lowest BCUT2D eigenvalue weighted by Crippen LogP contribution is -2.58. The van der Waals surface area contributed by atoms with Crippen molar-refractivity contribution in [2.24, 2.45) is 0 Å². The molecule has 0 atom stereocenters. The predicted molar refractivity (Wildman–Crippen MR) is 42.7 cm³/mol. The average molecular weight is 171 g/mol. The first kappa shape index (κ1) is 9.03. The number of nitrogens with zero attached hydrogens (tertiary/aromatic N) is 1. The van der Waals surface area contributed by atoms with Gasteiger partial charge in [-0.2, -0.15) is 0 Å². The van der Waals surface area contributed by atoms with Crippen LogP contribution in [0.4, 0.5) is 0 Å². The number of likely N-dealkylation sites (N-methyl/N-ethyl adjacent to an activating group) is 1. The standard InChI is InChI=1S/C8H13NO3/c1-2-9(6-10)8(7(11)12)4-3-5-8/h6H,2-5H2,1H3,(H,11,12). The summed E-state index contributed by atoms with van der Waals surface area (Å²) in [5.74, 6) is -0.872. The summed E-state index contributed by atoms with van der Waals surface area (Å²) in [5, 5.41) is 8.92. The minimum Gasteiger partial charge on any atom is -0.479 e. The zero-order valence-electron chi connectivity index (χ0n) is 7.12. The molecule has 0 spiro atoms. The van der Waals surface area contributed by atoms with E-state index in [0.717, 1.165) is 6.42 Å². The van der Waals surface area contributed by atoms with Crippen molar-refractivity contribution in [3.8, 4) is 0 Å². The molecule has 1 fully saturated rings. The second-order valence-electron chi connectivity index (χ2n) is 3.08. The van der Waals surface area contributed by atoms with E-state index in [1.807, 2.05) is 0 Å². The normalized spacial score (nSPS) is 19.4. The molecule has 1 aliphatic rings. The predicted octanol–water partition coefficient (Wildman–Crippen LogP) is 0.472. The molecule has 0 aromatic rings. The molecule has 0 aromatic heterocycles. The van der Waals surface area contributed by atoms with Gasteiger partial charge in [0.2, 0.25) is 6.41 Å². The highest BCUT2D eigenvalue weighted by atomic mass is 16.4. The van der Waals surface area contributed by atoms with Crippen LogP contribution in [-0.2, 0) is 9.59 Å². The lowest BCUT2D eigenvalue weighted by molar-refractivity contribution is -0.161. The fourth-order valence-corrected chi connectivity index (χ4v) is 1.61. The molecule has 1 rings (SSSR count). The number of carbonyl (C=O) groups excluding carboxylic acids is 1. The Bertz CT molecular complexity index is 198. The van der Waals surface area contributed by atoms with Crippen molar-refractivity contribution in [2.45, 2.75) is 31.7 Å². The first-order valence-electron chi connectivity index (χ1n) is 4.13. The molecule has 0 aliphatic heterocycles. The average Bonchev–Trinajstić information content (AvgIpc) is 1.95. The maximum atomic E-state index is 10.9. The largest absolute Gasteiger partial charge is 0.479 e. The molecule has 0 heterocycles. The van der Waals surface area contributed by atoms with Crippen molar-refractivity contribution in [3.63, 3.8) is 0 Å². The van der Waals surface area contributed by atoms with Crippen molar-refractivity contribution < 1.29 is 14.7 Å². The molecule has 1 aliphatic carbocycles. The highest BCUT2D eigenvalue weighted by Crippen LogP contribution is 2.36. The molecule has 1 N–H and O–H groups in total. The summed E-state index contributed by atoms with van der Waals surface area (Å²) >= 11 is 0. The molecule has 4 nitrogen and oxygen atoms in total. The van der Waals surface area contributed by atoms with E-state index in [0.29, 0.717) is 25.8 Å². The van der Waals surface area contributed by atoms with Crippen LogP contribution in [0, 0.1) is 0 Å². The SMILES string of the molecule is CCN(C=O)C1(C(=O)O)CCC1. The van der Waals surface area contributed by atoms with Crippen molar-refractivity contribution in [2.75, 3.05) is 6.54 Å².